The van der Waals surface area contributed by atoms with Crippen molar-refractivity contribution < 1.29 is 0 Å². The van der Waals surface area contributed by atoms with Crippen molar-refractivity contribution in [2.24, 2.45) is 0 Å². The van der Waals surface area contributed by atoms with Crippen molar-refractivity contribution in [1.82, 2.24) is 34.8 Å². The van der Waals surface area contributed by atoms with Crippen molar-refractivity contribution in [3.63, 3.8) is 0 Å². The van der Waals surface area contributed by atoms with Crippen LogP contribution in [0.3, 0.4) is 0 Å². The summed E-state index contributed by atoms with van der Waals surface area (Å²) in [6.07, 6.45) is 6.07. The molecule has 0 radical (unpaired) electrons. The van der Waals surface area contributed by atoms with Crippen LogP contribution in [0.4, 0.5) is 0 Å². The highest BCUT2D eigenvalue weighted by Crippen LogP contribution is 2.44. The maximum Gasteiger partial charge on any atom is 0.155 e. The molecule has 1 N–H and O–H groups in total. The minimum atomic E-state index is 0.180. The molecule has 0 bridgehead atoms. The smallest absolute Gasteiger partial charge is 0.155 e. The lowest BCUT2D eigenvalue weighted by Gasteiger charge is -2.23. The number of benzene rings is 1. The number of hydrogen-bond donors (Lipinski definition) is 1. The van der Waals surface area contributed by atoms with Gasteiger partial charge in [-0.2, -0.15) is 10.2 Å². The van der Waals surface area contributed by atoms with E-state index in [-0.39, 0.29) is 5.41 Å². The van der Waals surface area contributed by atoms with Gasteiger partial charge in [-0.15, -0.1) is 0 Å². The van der Waals surface area contributed by atoms with Gasteiger partial charge in [-0.05, 0) is 49.7 Å². The summed E-state index contributed by atoms with van der Waals surface area (Å²) in [6, 6.07) is 16.8. The van der Waals surface area contributed by atoms with Crippen LogP contribution in [0.15, 0.2) is 60.9 Å². The van der Waals surface area contributed by atoms with Crippen LogP contribution >= 0.6 is 0 Å². The second-order valence-electron chi connectivity index (χ2n) is 9.12. The molecule has 32 heavy (non-hydrogen) atoms. The largest absolute Gasteiger partial charge is 0.296 e. The van der Waals surface area contributed by atoms with Crippen LogP contribution in [-0.2, 0) is 18.5 Å². The molecule has 0 amide bonds. The van der Waals surface area contributed by atoms with Crippen LogP contribution in [0, 0.1) is 0 Å². The molecule has 1 unspecified atom stereocenters. The average molecular weight is 422 g/mol. The van der Waals surface area contributed by atoms with Gasteiger partial charge < -0.3 is 0 Å². The second kappa shape index (κ2) is 6.71. The number of aryl methyl sites for hydroxylation is 1. The summed E-state index contributed by atoms with van der Waals surface area (Å²) in [6.45, 7) is 3.96. The van der Waals surface area contributed by atoms with Gasteiger partial charge in [0.2, 0.25) is 0 Å². The molecule has 1 aromatic carbocycles. The molecule has 1 fully saturated rings. The minimum absolute atomic E-state index is 0.180. The molecule has 1 spiro atoms. The zero-order valence-corrected chi connectivity index (χ0v) is 17.7. The Bertz CT molecular complexity index is 1470. The quantitative estimate of drug-likeness (QED) is 0.478. The molecule has 4 aromatic heterocycles. The Morgan fingerprint density at radius 3 is 2.94 bits per heavy atom. The zero-order chi connectivity index (χ0) is 21.1. The van der Waals surface area contributed by atoms with Crippen molar-refractivity contribution in [3.05, 3.63) is 72.3 Å². The Morgan fingerprint density at radius 2 is 1.94 bits per heavy atom. The summed E-state index contributed by atoms with van der Waals surface area (Å²) in [4.78, 5) is 11.5. The first-order chi connectivity index (χ1) is 15.8. The number of likely N-dealkylation sites (tertiary alicyclic amines) is 1. The van der Waals surface area contributed by atoms with Crippen LogP contribution < -0.4 is 0 Å². The fourth-order valence-electron chi connectivity index (χ4n) is 5.56. The van der Waals surface area contributed by atoms with Crippen molar-refractivity contribution in [2.75, 3.05) is 13.1 Å². The van der Waals surface area contributed by atoms with Gasteiger partial charge in [0.05, 0.1) is 16.9 Å². The van der Waals surface area contributed by atoms with E-state index in [4.69, 9.17) is 5.10 Å². The van der Waals surface area contributed by atoms with Gasteiger partial charge in [-0.1, -0.05) is 18.2 Å². The third kappa shape index (κ3) is 2.71. The molecule has 1 saturated heterocycles. The molecule has 1 atom stereocenters. The summed E-state index contributed by atoms with van der Waals surface area (Å²) in [5.74, 6) is 0. The van der Waals surface area contributed by atoms with Gasteiger partial charge in [-0.3, -0.25) is 19.7 Å². The fourth-order valence-corrected chi connectivity index (χ4v) is 5.56. The molecule has 7 nitrogen and oxygen atoms in total. The van der Waals surface area contributed by atoms with Crippen LogP contribution in [-0.4, -0.2) is 47.9 Å². The maximum atomic E-state index is 4.96. The standard InChI is InChI=1S/C25H23N7/c1-2-6-20-17(4-1)12-18(14-27-20)21-13-23-25(8-11-32(23)30-21)7-10-31(16-25)15-22-19-5-3-9-26-24(19)29-28-22/h1-6,9,12-14H,7-8,10-11,15-16H2,(H,26,28,29). The van der Waals surface area contributed by atoms with E-state index in [1.807, 2.05) is 24.4 Å². The Balaban J connectivity index is 1.17. The lowest BCUT2D eigenvalue weighted by molar-refractivity contribution is 0.299. The summed E-state index contributed by atoms with van der Waals surface area (Å²) in [5.41, 5.74) is 6.64. The molecular formula is C25H23N7. The minimum Gasteiger partial charge on any atom is -0.296 e. The molecule has 2 aliphatic rings. The molecule has 0 saturated carbocycles. The Kier molecular flexibility index (Phi) is 3.78. The van der Waals surface area contributed by atoms with E-state index in [2.05, 4.69) is 60.1 Å². The average Bonchev–Trinajstić information content (AvgIpc) is 3.60. The Hall–Kier alpha value is -3.58. The van der Waals surface area contributed by atoms with E-state index in [1.165, 1.54) is 5.69 Å². The lowest BCUT2D eigenvalue weighted by atomic mass is 9.82. The number of hydrogen-bond acceptors (Lipinski definition) is 5. The van der Waals surface area contributed by atoms with Crippen LogP contribution in [0.5, 0.6) is 0 Å². The molecule has 6 heterocycles. The van der Waals surface area contributed by atoms with Crippen molar-refractivity contribution >= 4 is 21.9 Å². The predicted octanol–water partition coefficient (Wildman–Crippen LogP) is 3.92. The molecule has 2 aliphatic heterocycles. The Morgan fingerprint density at radius 1 is 1.00 bits per heavy atom. The molecule has 7 heteroatoms. The third-order valence-electron chi connectivity index (χ3n) is 7.23. The lowest BCUT2D eigenvalue weighted by Crippen LogP contribution is -2.29. The third-order valence-corrected chi connectivity index (χ3v) is 7.23. The molecule has 0 aliphatic carbocycles. The van der Waals surface area contributed by atoms with Crippen molar-refractivity contribution in [3.8, 4) is 11.3 Å². The number of para-hydroxylation sites is 1. The monoisotopic (exact) mass is 421 g/mol. The Labute approximate surface area is 185 Å². The van der Waals surface area contributed by atoms with E-state index in [0.29, 0.717) is 0 Å². The number of nitrogens with one attached hydrogen (secondary N) is 1. The first-order valence-corrected chi connectivity index (χ1v) is 11.2. The van der Waals surface area contributed by atoms with E-state index < -0.39 is 0 Å². The zero-order valence-electron chi connectivity index (χ0n) is 17.7. The highest BCUT2D eigenvalue weighted by atomic mass is 15.3. The van der Waals surface area contributed by atoms with E-state index in [9.17, 15) is 0 Å². The van der Waals surface area contributed by atoms with Gasteiger partial charge in [0.15, 0.2) is 5.65 Å². The number of pyridine rings is 2. The van der Waals surface area contributed by atoms with Crippen LogP contribution in [0.25, 0.3) is 33.2 Å². The SMILES string of the molecule is c1ccc2ncc(-c3cc4n(n3)CCC43CCN(Cc4n[nH]c5ncccc45)C3)cc2c1. The van der Waals surface area contributed by atoms with Crippen molar-refractivity contribution in [1.29, 1.82) is 0 Å². The second-order valence-corrected chi connectivity index (χ2v) is 9.12. The fraction of sp³-hybridized carbons (Fsp3) is 0.280. The topological polar surface area (TPSA) is 75.5 Å². The molecule has 7 rings (SSSR count). The summed E-state index contributed by atoms with van der Waals surface area (Å²) < 4.78 is 2.22. The molecule has 158 valence electrons. The number of aromatic amines is 1. The van der Waals surface area contributed by atoms with Gasteiger partial charge in [-0.25, -0.2) is 4.98 Å². The van der Waals surface area contributed by atoms with E-state index >= 15 is 0 Å². The van der Waals surface area contributed by atoms with Gasteiger partial charge >= 0.3 is 0 Å². The first-order valence-electron chi connectivity index (χ1n) is 11.2. The van der Waals surface area contributed by atoms with Crippen LogP contribution in [0.1, 0.15) is 24.2 Å². The highest BCUT2D eigenvalue weighted by Gasteiger charge is 2.45. The highest BCUT2D eigenvalue weighted by molar-refractivity contribution is 5.82. The summed E-state index contributed by atoms with van der Waals surface area (Å²) in [7, 11) is 0. The first kappa shape index (κ1) is 18.0. The normalized spacial score (nSPS) is 20.6. The van der Waals surface area contributed by atoms with Gasteiger partial charge in [0.1, 0.15) is 0 Å². The molecule has 5 aromatic rings. The number of rotatable bonds is 3. The number of fused-ring (bicyclic) bond motifs is 4. The van der Waals surface area contributed by atoms with Crippen LogP contribution in [0.2, 0.25) is 0 Å². The van der Waals surface area contributed by atoms with Gasteiger partial charge in [0, 0.05) is 59.5 Å². The van der Waals surface area contributed by atoms with E-state index in [1.54, 1.807) is 6.20 Å². The summed E-state index contributed by atoms with van der Waals surface area (Å²) in [5, 5.41) is 14.8. The van der Waals surface area contributed by atoms with Crippen molar-refractivity contribution in [2.45, 2.75) is 31.3 Å². The predicted molar refractivity (Wildman–Crippen MR) is 123 cm³/mol. The maximum absolute atomic E-state index is 4.96. The number of H-pyrrole nitrogens is 1. The number of nitrogens with zero attached hydrogens (tertiary/aromatic N) is 6. The number of aromatic nitrogens is 6. The van der Waals surface area contributed by atoms with E-state index in [0.717, 1.165) is 77.9 Å². The summed E-state index contributed by atoms with van der Waals surface area (Å²) >= 11 is 0. The van der Waals surface area contributed by atoms with Gasteiger partial charge in [0.25, 0.3) is 0 Å². The molecular weight excluding hydrogens is 398 g/mol.